The second-order valence-electron chi connectivity index (χ2n) is 7.30. The summed E-state index contributed by atoms with van der Waals surface area (Å²) in [6.07, 6.45) is 1.05. The van der Waals surface area contributed by atoms with Crippen LogP contribution in [0, 0.1) is 0 Å². The lowest BCUT2D eigenvalue weighted by Crippen LogP contribution is -2.41. The Labute approximate surface area is 169 Å². The number of ether oxygens (including phenoxy) is 1. The van der Waals surface area contributed by atoms with Crippen LogP contribution in [0.5, 0.6) is 5.75 Å². The molecule has 0 radical (unpaired) electrons. The predicted octanol–water partition coefficient (Wildman–Crippen LogP) is 2.11. The maximum atomic E-state index is 10.8. The number of rotatable bonds is 12. The van der Waals surface area contributed by atoms with E-state index in [1.54, 1.807) is 6.07 Å². The summed E-state index contributed by atoms with van der Waals surface area (Å²) in [6.45, 7) is 14.1. The lowest BCUT2D eigenvalue weighted by molar-refractivity contribution is -0.119. The van der Waals surface area contributed by atoms with Gasteiger partial charge in [-0.3, -0.25) is 9.69 Å². The van der Waals surface area contributed by atoms with Crippen molar-refractivity contribution in [3.63, 3.8) is 0 Å². The van der Waals surface area contributed by atoms with Gasteiger partial charge in [-0.1, -0.05) is 12.1 Å². The average molecular weight is 392 g/mol. The van der Waals surface area contributed by atoms with Crippen LogP contribution in [0.25, 0.3) is 0 Å². The fraction of sp³-hybridized carbons (Fsp3) is 0.619. The zero-order valence-electron chi connectivity index (χ0n) is 18.0. The lowest BCUT2D eigenvalue weighted by atomic mass is 10.2. The van der Waals surface area contributed by atoms with Gasteiger partial charge in [0.25, 0.3) is 5.91 Å². The summed E-state index contributed by atoms with van der Waals surface area (Å²) in [6, 6.07) is 8.63. The summed E-state index contributed by atoms with van der Waals surface area (Å²) in [5.74, 6) is 0.925. The molecule has 0 spiro atoms. The summed E-state index contributed by atoms with van der Waals surface area (Å²) in [4.78, 5) is 18.0. The number of hydrogen-bond acceptors (Lipinski definition) is 4. The number of benzene rings is 1. The standard InChI is InChI=1S/C21H37N5O2/c1-6-23-21(24-11-8-12-26(16(2)3)17(4)5)25-14-18-9-7-10-19(13-18)28-15-20(22)27/h7,9-10,13,16-17H,6,8,11-12,14-15H2,1-5H3,(H2,22,27)(H2,23,24,25). The average Bonchev–Trinajstić information content (AvgIpc) is 2.63. The van der Waals surface area contributed by atoms with Crippen molar-refractivity contribution in [1.82, 2.24) is 15.5 Å². The van der Waals surface area contributed by atoms with Crippen LogP contribution in [-0.2, 0) is 11.3 Å². The minimum absolute atomic E-state index is 0.124. The number of carbonyl (C=O) groups excluding carboxylic acids is 1. The molecule has 0 aromatic heterocycles. The van der Waals surface area contributed by atoms with Gasteiger partial charge in [0.2, 0.25) is 0 Å². The van der Waals surface area contributed by atoms with Crippen molar-refractivity contribution in [3.05, 3.63) is 29.8 Å². The van der Waals surface area contributed by atoms with Crippen molar-refractivity contribution < 1.29 is 9.53 Å². The van der Waals surface area contributed by atoms with Gasteiger partial charge in [0.05, 0.1) is 6.54 Å². The first-order valence-electron chi connectivity index (χ1n) is 10.1. The van der Waals surface area contributed by atoms with E-state index in [1.165, 1.54) is 0 Å². The van der Waals surface area contributed by atoms with Gasteiger partial charge < -0.3 is 21.1 Å². The molecule has 0 aliphatic carbocycles. The molecule has 0 heterocycles. The highest BCUT2D eigenvalue weighted by molar-refractivity contribution is 5.79. The van der Waals surface area contributed by atoms with Crippen molar-refractivity contribution in [3.8, 4) is 5.75 Å². The number of primary amides is 1. The molecule has 0 fully saturated rings. The second kappa shape index (κ2) is 13.0. The highest BCUT2D eigenvalue weighted by Crippen LogP contribution is 2.14. The van der Waals surface area contributed by atoms with E-state index in [2.05, 4.69) is 55.1 Å². The normalized spacial score (nSPS) is 11.9. The number of guanidine groups is 1. The van der Waals surface area contributed by atoms with Crippen molar-refractivity contribution in [2.45, 2.75) is 59.7 Å². The van der Waals surface area contributed by atoms with E-state index in [0.29, 0.717) is 24.4 Å². The van der Waals surface area contributed by atoms with Crippen LogP contribution in [0.2, 0.25) is 0 Å². The zero-order valence-corrected chi connectivity index (χ0v) is 18.0. The van der Waals surface area contributed by atoms with Crippen molar-refractivity contribution >= 4 is 11.9 Å². The molecule has 1 aromatic rings. The Bertz CT molecular complexity index is 609. The lowest BCUT2D eigenvalue weighted by Gasteiger charge is -2.30. The fourth-order valence-corrected chi connectivity index (χ4v) is 2.98. The molecule has 1 amide bonds. The van der Waals surface area contributed by atoms with E-state index in [0.717, 1.165) is 37.6 Å². The summed E-state index contributed by atoms with van der Waals surface area (Å²) >= 11 is 0. The molecular formula is C21H37N5O2. The SMILES string of the molecule is CCNC(=NCc1cccc(OCC(N)=O)c1)NCCCN(C(C)C)C(C)C. The van der Waals surface area contributed by atoms with Gasteiger partial charge in [0.15, 0.2) is 12.6 Å². The first-order valence-corrected chi connectivity index (χ1v) is 10.1. The molecular weight excluding hydrogens is 354 g/mol. The van der Waals surface area contributed by atoms with Crippen LogP contribution in [0.3, 0.4) is 0 Å². The number of nitrogens with zero attached hydrogens (tertiary/aromatic N) is 2. The number of amides is 1. The Kier molecular flexibility index (Phi) is 11.0. The second-order valence-corrected chi connectivity index (χ2v) is 7.30. The molecule has 0 saturated carbocycles. The van der Waals surface area contributed by atoms with Gasteiger partial charge in [0.1, 0.15) is 5.75 Å². The van der Waals surface area contributed by atoms with Gasteiger partial charge >= 0.3 is 0 Å². The highest BCUT2D eigenvalue weighted by Gasteiger charge is 2.12. The third-order valence-electron chi connectivity index (χ3n) is 4.26. The quantitative estimate of drug-likeness (QED) is 0.288. The monoisotopic (exact) mass is 391 g/mol. The molecule has 0 aliphatic rings. The number of nitrogens with two attached hydrogens (primary N) is 1. The third kappa shape index (κ3) is 9.60. The summed E-state index contributed by atoms with van der Waals surface area (Å²) in [7, 11) is 0. The molecule has 28 heavy (non-hydrogen) atoms. The van der Waals surface area contributed by atoms with Crippen molar-refractivity contribution in [1.29, 1.82) is 0 Å². The predicted molar refractivity (Wildman–Crippen MR) is 116 cm³/mol. The molecule has 0 saturated heterocycles. The van der Waals surface area contributed by atoms with Crippen LogP contribution in [0.4, 0.5) is 0 Å². The van der Waals surface area contributed by atoms with E-state index < -0.39 is 5.91 Å². The Hall–Kier alpha value is -2.28. The molecule has 7 nitrogen and oxygen atoms in total. The number of hydrogen-bond donors (Lipinski definition) is 3. The van der Waals surface area contributed by atoms with Gasteiger partial charge in [-0.25, -0.2) is 4.99 Å². The van der Waals surface area contributed by atoms with Crippen LogP contribution >= 0.6 is 0 Å². The minimum Gasteiger partial charge on any atom is -0.484 e. The maximum absolute atomic E-state index is 10.8. The maximum Gasteiger partial charge on any atom is 0.255 e. The molecule has 0 bridgehead atoms. The summed E-state index contributed by atoms with van der Waals surface area (Å²) < 4.78 is 5.34. The van der Waals surface area contributed by atoms with Crippen LogP contribution in [-0.4, -0.2) is 55.1 Å². The molecule has 7 heteroatoms. The zero-order chi connectivity index (χ0) is 20.9. The van der Waals surface area contributed by atoms with Gasteiger partial charge in [0, 0.05) is 31.7 Å². The van der Waals surface area contributed by atoms with Crippen LogP contribution in [0.15, 0.2) is 29.3 Å². The third-order valence-corrected chi connectivity index (χ3v) is 4.26. The minimum atomic E-state index is -0.490. The summed E-state index contributed by atoms with van der Waals surface area (Å²) in [5, 5.41) is 6.67. The molecule has 0 atom stereocenters. The first kappa shape index (κ1) is 23.8. The topological polar surface area (TPSA) is 92.0 Å². The van der Waals surface area contributed by atoms with Crippen molar-refractivity contribution in [2.75, 3.05) is 26.2 Å². The molecule has 158 valence electrons. The Balaban J connectivity index is 2.55. The van der Waals surface area contributed by atoms with E-state index in [-0.39, 0.29) is 6.61 Å². The smallest absolute Gasteiger partial charge is 0.255 e. The largest absolute Gasteiger partial charge is 0.484 e. The highest BCUT2D eigenvalue weighted by atomic mass is 16.5. The summed E-state index contributed by atoms with van der Waals surface area (Å²) in [5.41, 5.74) is 6.12. The van der Waals surface area contributed by atoms with Gasteiger partial charge in [-0.05, 0) is 58.7 Å². The van der Waals surface area contributed by atoms with E-state index in [1.807, 2.05) is 18.2 Å². The number of nitrogens with one attached hydrogen (secondary N) is 2. The Morgan fingerprint density at radius 1 is 1.21 bits per heavy atom. The molecule has 0 aliphatic heterocycles. The number of carbonyl (C=O) groups is 1. The molecule has 0 unspecified atom stereocenters. The number of aliphatic imine (C=N–C) groups is 1. The van der Waals surface area contributed by atoms with Gasteiger partial charge in [-0.15, -0.1) is 0 Å². The first-order chi connectivity index (χ1) is 13.3. The molecule has 1 aromatic carbocycles. The van der Waals surface area contributed by atoms with Crippen LogP contribution in [0.1, 0.15) is 46.6 Å². The van der Waals surface area contributed by atoms with E-state index in [9.17, 15) is 4.79 Å². The molecule has 1 rings (SSSR count). The Morgan fingerprint density at radius 2 is 1.93 bits per heavy atom. The van der Waals surface area contributed by atoms with E-state index in [4.69, 9.17) is 10.5 Å². The van der Waals surface area contributed by atoms with Crippen LogP contribution < -0.4 is 21.1 Å². The van der Waals surface area contributed by atoms with Crippen molar-refractivity contribution in [2.24, 2.45) is 10.7 Å². The fourth-order valence-electron chi connectivity index (χ4n) is 2.98. The molecule has 4 N–H and O–H groups in total. The van der Waals surface area contributed by atoms with E-state index >= 15 is 0 Å². The Morgan fingerprint density at radius 3 is 2.54 bits per heavy atom. The van der Waals surface area contributed by atoms with Gasteiger partial charge in [-0.2, -0.15) is 0 Å².